The van der Waals surface area contributed by atoms with Gasteiger partial charge < -0.3 is 15.0 Å². The number of nitrogens with one attached hydrogen (secondary N) is 1. The number of alkyl halides is 3. The van der Waals surface area contributed by atoms with Crippen LogP contribution in [0.3, 0.4) is 0 Å². The van der Waals surface area contributed by atoms with Crippen molar-refractivity contribution in [3.8, 4) is 0 Å². The second kappa shape index (κ2) is 9.74. The van der Waals surface area contributed by atoms with Gasteiger partial charge in [0.1, 0.15) is 0 Å². The maximum Gasteiger partial charge on any atom is 0.416 e. The van der Waals surface area contributed by atoms with E-state index in [0.29, 0.717) is 23.8 Å². The van der Waals surface area contributed by atoms with E-state index >= 15 is 0 Å². The number of amides is 1. The molecule has 0 aromatic heterocycles. The molecule has 1 aromatic carbocycles. The van der Waals surface area contributed by atoms with E-state index in [-0.39, 0.29) is 12.5 Å². The first kappa shape index (κ1) is 21.1. The fourth-order valence-electron chi connectivity index (χ4n) is 4.03. The third-order valence-electron chi connectivity index (χ3n) is 5.77. The van der Waals surface area contributed by atoms with E-state index < -0.39 is 11.7 Å². The number of benzene rings is 1. The van der Waals surface area contributed by atoms with Crippen LogP contribution in [-0.2, 0) is 22.3 Å². The normalized spacial score (nSPS) is 21.8. The minimum atomic E-state index is -4.36. The van der Waals surface area contributed by atoms with Crippen LogP contribution in [0.15, 0.2) is 24.3 Å². The Morgan fingerprint density at radius 3 is 2.64 bits per heavy atom. The van der Waals surface area contributed by atoms with Gasteiger partial charge in [0.05, 0.1) is 12.2 Å². The average molecular weight is 398 g/mol. The standard InChI is InChI=1S/C21H29F3N2O2/c22-21(23,24)19-3-1-2-17(12-19)13-25-20(27)5-4-16-6-9-26(10-7-16)14-18-8-11-28-15-18/h1-3,12,16,18H,4-11,13-15H2,(H,25,27)/t18-/m0/s1. The number of piperidine rings is 1. The summed E-state index contributed by atoms with van der Waals surface area (Å²) in [5.74, 6) is 1.12. The van der Waals surface area contributed by atoms with Gasteiger partial charge >= 0.3 is 6.18 Å². The highest BCUT2D eigenvalue weighted by molar-refractivity contribution is 5.75. The molecule has 2 aliphatic heterocycles. The maximum atomic E-state index is 12.7. The molecule has 1 aromatic rings. The molecule has 1 N–H and O–H groups in total. The molecule has 0 bridgehead atoms. The molecule has 3 rings (SSSR count). The van der Waals surface area contributed by atoms with Crippen LogP contribution in [0, 0.1) is 11.8 Å². The lowest BCUT2D eigenvalue weighted by Gasteiger charge is -2.33. The monoisotopic (exact) mass is 398 g/mol. The Labute approximate surface area is 164 Å². The Hall–Kier alpha value is -1.60. The van der Waals surface area contributed by atoms with Gasteiger partial charge in [-0.25, -0.2) is 0 Å². The summed E-state index contributed by atoms with van der Waals surface area (Å²) in [6.07, 6.45) is 0.281. The fourth-order valence-corrected chi connectivity index (χ4v) is 4.03. The van der Waals surface area contributed by atoms with Crippen molar-refractivity contribution in [2.75, 3.05) is 32.8 Å². The van der Waals surface area contributed by atoms with Gasteiger partial charge in [-0.1, -0.05) is 12.1 Å². The number of carbonyl (C=O) groups is 1. The molecule has 4 nitrogen and oxygen atoms in total. The first-order valence-electron chi connectivity index (χ1n) is 10.1. The molecule has 0 unspecified atom stereocenters. The van der Waals surface area contributed by atoms with Crippen LogP contribution in [0.25, 0.3) is 0 Å². The van der Waals surface area contributed by atoms with E-state index in [0.717, 1.165) is 70.7 Å². The third-order valence-corrected chi connectivity index (χ3v) is 5.77. The van der Waals surface area contributed by atoms with Gasteiger partial charge in [-0.05, 0) is 68.3 Å². The first-order valence-corrected chi connectivity index (χ1v) is 10.1. The molecule has 1 amide bonds. The third kappa shape index (κ3) is 6.48. The zero-order valence-electron chi connectivity index (χ0n) is 16.1. The van der Waals surface area contributed by atoms with Crippen LogP contribution in [-0.4, -0.2) is 43.7 Å². The van der Waals surface area contributed by atoms with Gasteiger partial charge in [0.15, 0.2) is 0 Å². The summed E-state index contributed by atoms with van der Waals surface area (Å²) in [5.41, 5.74) is -0.220. The summed E-state index contributed by atoms with van der Waals surface area (Å²) >= 11 is 0. The molecule has 2 fully saturated rings. The van der Waals surface area contributed by atoms with Crippen molar-refractivity contribution in [3.05, 3.63) is 35.4 Å². The number of ether oxygens (including phenoxy) is 1. The van der Waals surface area contributed by atoms with E-state index in [1.54, 1.807) is 6.07 Å². The van der Waals surface area contributed by atoms with Gasteiger partial charge in [0.25, 0.3) is 0 Å². The highest BCUT2D eigenvalue weighted by atomic mass is 19.4. The van der Waals surface area contributed by atoms with Crippen LogP contribution in [0.4, 0.5) is 13.2 Å². The molecule has 2 heterocycles. The first-order chi connectivity index (χ1) is 13.4. The van der Waals surface area contributed by atoms with E-state index in [1.165, 1.54) is 6.07 Å². The summed E-state index contributed by atoms with van der Waals surface area (Å²) in [6, 6.07) is 5.10. The second-order valence-electron chi connectivity index (χ2n) is 7.99. The largest absolute Gasteiger partial charge is 0.416 e. The van der Waals surface area contributed by atoms with Crippen LogP contribution in [0.2, 0.25) is 0 Å². The lowest BCUT2D eigenvalue weighted by molar-refractivity contribution is -0.137. The van der Waals surface area contributed by atoms with Crippen molar-refractivity contribution in [3.63, 3.8) is 0 Å². The number of halogens is 3. The van der Waals surface area contributed by atoms with Gasteiger partial charge in [0.2, 0.25) is 5.91 Å². The van der Waals surface area contributed by atoms with Gasteiger partial charge in [-0.3, -0.25) is 4.79 Å². The fraction of sp³-hybridized carbons (Fsp3) is 0.667. The number of hydrogen-bond acceptors (Lipinski definition) is 3. The summed E-state index contributed by atoms with van der Waals surface area (Å²) in [7, 11) is 0. The number of rotatable bonds is 7. The SMILES string of the molecule is O=C(CCC1CCN(C[C@@H]2CCOC2)CC1)NCc1cccc(C(F)(F)F)c1. The number of likely N-dealkylation sites (tertiary alicyclic amines) is 1. The number of nitrogens with zero attached hydrogens (tertiary/aromatic N) is 1. The highest BCUT2D eigenvalue weighted by Crippen LogP contribution is 2.29. The maximum absolute atomic E-state index is 12.7. The molecule has 2 saturated heterocycles. The molecule has 0 spiro atoms. The Balaban J connectivity index is 1.33. The quantitative estimate of drug-likeness (QED) is 0.759. The number of hydrogen-bond donors (Lipinski definition) is 1. The molecule has 28 heavy (non-hydrogen) atoms. The molecule has 2 aliphatic rings. The summed E-state index contributed by atoms with van der Waals surface area (Å²) < 4.78 is 43.6. The zero-order chi connectivity index (χ0) is 20.0. The van der Waals surface area contributed by atoms with Crippen LogP contribution >= 0.6 is 0 Å². The Kier molecular flexibility index (Phi) is 7.35. The predicted octanol–water partition coefficient (Wildman–Crippen LogP) is 3.85. The summed E-state index contributed by atoms with van der Waals surface area (Å²) in [4.78, 5) is 14.6. The molecule has 0 aliphatic carbocycles. The van der Waals surface area contributed by atoms with Crippen molar-refractivity contribution in [2.45, 2.75) is 44.8 Å². The van der Waals surface area contributed by atoms with E-state index in [4.69, 9.17) is 4.74 Å². The molecule has 0 radical (unpaired) electrons. The molecular formula is C21H29F3N2O2. The van der Waals surface area contributed by atoms with Crippen LogP contribution in [0.5, 0.6) is 0 Å². The van der Waals surface area contributed by atoms with Gasteiger partial charge in [-0.15, -0.1) is 0 Å². The minimum Gasteiger partial charge on any atom is -0.381 e. The van der Waals surface area contributed by atoms with Crippen molar-refractivity contribution >= 4 is 5.91 Å². The lowest BCUT2D eigenvalue weighted by atomic mass is 9.91. The average Bonchev–Trinajstić information content (AvgIpc) is 3.18. The molecule has 0 saturated carbocycles. The Morgan fingerprint density at radius 1 is 1.18 bits per heavy atom. The Morgan fingerprint density at radius 2 is 1.96 bits per heavy atom. The minimum absolute atomic E-state index is 0.0945. The van der Waals surface area contributed by atoms with Crippen molar-refractivity contribution < 1.29 is 22.7 Å². The summed E-state index contributed by atoms with van der Waals surface area (Å²) in [6.45, 7) is 5.16. The lowest BCUT2D eigenvalue weighted by Crippen LogP contribution is -2.37. The molecule has 1 atom stereocenters. The van der Waals surface area contributed by atoms with E-state index in [1.807, 2.05) is 0 Å². The number of carbonyl (C=O) groups excluding carboxylic acids is 1. The van der Waals surface area contributed by atoms with Gasteiger partial charge in [-0.2, -0.15) is 13.2 Å². The molecule has 7 heteroatoms. The Bertz CT molecular complexity index is 637. The smallest absolute Gasteiger partial charge is 0.381 e. The summed E-state index contributed by atoms with van der Waals surface area (Å²) in [5, 5.41) is 2.74. The van der Waals surface area contributed by atoms with Crippen molar-refractivity contribution in [1.29, 1.82) is 0 Å². The highest BCUT2D eigenvalue weighted by Gasteiger charge is 2.30. The zero-order valence-corrected chi connectivity index (χ0v) is 16.1. The topological polar surface area (TPSA) is 41.6 Å². The van der Waals surface area contributed by atoms with E-state index in [9.17, 15) is 18.0 Å². The second-order valence-corrected chi connectivity index (χ2v) is 7.99. The molecule has 156 valence electrons. The van der Waals surface area contributed by atoms with Crippen LogP contribution in [0.1, 0.15) is 43.2 Å². The van der Waals surface area contributed by atoms with Gasteiger partial charge in [0, 0.05) is 26.1 Å². The van der Waals surface area contributed by atoms with Crippen LogP contribution < -0.4 is 5.32 Å². The van der Waals surface area contributed by atoms with Crippen molar-refractivity contribution in [2.24, 2.45) is 11.8 Å². The predicted molar refractivity (Wildman–Crippen MR) is 101 cm³/mol. The van der Waals surface area contributed by atoms with E-state index in [2.05, 4.69) is 10.2 Å². The van der Waals surface area contributed by atoms with Crippen molar-refractivity contribution in [1.82, 2.24) is 10.2 Å². The molecular weight excluding hydrogens is 369 g/mol.